The van der Waals surface area contributed by atoms with E-state index in [9.17, 15) is 18.0 Å². The number of amides is 2. The van der Waals surface area contributed by atoms with Crippen LogP contribution in [-0.2, 0) is 19.6 Å². The summed E-state index contributed by atoms with van der Waals surface area (Å²) in [7, 11) is -3.14. The number of sulfonamides is 1. The maximum Gasteiger partial charge on any atom is 0.242 e. The van der Waals surface area contributed by atoms with Gasteiger partial charge in [0.15, 0.2) is 0 Å². The number of hydrogen-bond donors (Lipinski definition) is 2. The highest BCUT2D eigenvalue weighted by Crippen LogP contribution is 2.14. The molecule has 0 spiro atoms. The molecule has 2 amide bonds. The Hall–Kier alpha value is -1.15. The molecule has 1 aliphatic rings. The molecule has 116 valence electrons. The van der Waals surface area contributed by atoms with Gasteiger partial charge in [0.2, 0.25) is 21.8 Å². The lowest BCUT2D eigenvalue weighted by atomic mass is 10.1. The molecule has 0 bridgehead atoms. The second kappa shape index (κ2) is 7.03. The van der Waals surface area contributed by atoms with Crippen molar-refractivity contribution in [2.45, 2.75) is 45.7 Å². The second-order valence-corrected chi connectivity index (χ2v) is 7.26. The molecule has 1 atom stereocenters. The van der Waals surface area contributed by atoms with E-state index in [2.05, 4.69) is 10.6 Å². The Kier molecular flexibility index (Phi) is 5.94. The first-order valence-electron chi connectivity index (χ1n) is 6.81. The minimum Gasteiger partial charge on any atom is -0.351 e. The van der Waals surface area contributed by atoms with Crippen LogP contribution in [0.1, 0.15) is 33.6 Å². The zero-order valence-corrected chi connectivity index (χ0v) is 13.0. The Morgan fingerprint density at radius 1 is 1.30 bits per heavy atom. The average molecular weight is 305 g/mol. The van der Waals surface area contributed by atoms with Gasteiger partial charge in [-0.3, -0.25) is 9.59 Å². The first kappa shape index (κ1) is 16.9. The fourth-order valence-corrected chi connectivity index (χ4v) is 3.29. The number of rotatable bonds is 5. The van der Waals surface area contributed by atoms with Crippen molar-refractivity contribution < 1.29 is 18.0 Å². The first-order chi connectivity index (χ1) is 9.26. The summed E-state index contributed by atoms with van der Waals surface area (Å²) in [6.07, 6.45) is 1.19. The lowest BCUT2D eigenvalue weighted by molar-refractivity contribution is -0.128. The molecule has 0 aromatic carbocycles. The fraction of sp³-hybridized carbons (Fsp3) is 0.833. The normalized spacial score (nSPS) is 19.4. The van der Waals surface area contributed by atoms with Gasteiger partial charge in [0.1, 0.15) is 6.04 Å². The van der Waals surface area contributed by atoms with E-state index in [4.69, 9.17) is 0 Å². The van der Waals surface area contributed by atoms with Crippen LogP contribution in [0.25, 0.3) is 0 Å². The molecule has 20 heavy (non-hydrogen) atoms. The van der Waals surface area contributed by atoms with Gasteiger partial charge in [-0.1, -0.05) is 0 Å². The van der Waals surface area contributed by atoms with E-state index in [0.29, 0.717) is 25.9 Å². The van der Waals surface area contributed by atoms with Crippen molar-refractivity contribution in [3.63, 3.8) is 0 Å². The van der Waals surface area contributed by atoms with Crippen LogP contribution in [0.2, 0.25) is 0 Å². The molecule has 8 heteroatoms. The second-order valence-electron chi connectivity index (χ2n) is 5.00. The Morgan fingerprint density at radius 3 is 2.30 bits per heavy atom. The summed E-state index contributed by atoms with van der Waals surface area (Å²) in [6, 6.07) is -0.619. The highest BCUT2D eigenvalue weighted by molar-refractivity contribution is 7.89. The zero-order chi connectivity index (χ0) is 15.3. The Labute approximate surface area is 120 Å². The van der Waals surface area contributed by atoms with Gasteiger partial charge in [-0.2, -0.15) is 0 Å². The molecule has 2 N–H and O–H groups in total. The minimum atomic E-state index is -3.14. The van der Waals surface area contributed by atoms with Crippen LogP contribution >= 0.6 is 0 Å². The van der Waals surface area contributed by atoms with Crippen LogP contribution in [0, 0.1) is 0 Å². The summed E-state index contributed by atoms with van der Waals surface area (Å²) >= 11 is 0. The van der Waals surface area contributed by atoms with Gasteiger partial charge >= 0.3 is 0 Å². The van der Waals surface area contributed by atoms with Gasteiger partial charge in [0.25, 0.3) is 0 Å². The lowest BCUT2D eigenvalue weighted by Crippen LogP contribution is -2.51. The van der Waals surface area contributed by atoms with Crippen LogP contribution in [0.3, 0.4) is 0 Å². The average Bonchev–Trinajstić information content (AvgIpc) is 2.38. The van der Waals surface area contributed by atoms with Crippen molar-refractivity contribution >= 4 is 21.8 Å². The van der Waals surface area contributed by atoms with Crippen LogP contribution in [0.4, 0.5) is 0 Å². The Morgan fingerprint density at radius 2 is 1.85 bits per heavy atom. The van der Waals surface area contributed by atoms with Gasteiger partial charge in [-0.15, -0.1) is 0 Å². The highest BCUT2D eigenvalue weighted by atomic mass is 32.2. The molecular formula is C12H23N3O4S. The smallest absolute Gasteiger partial charge is 0.242 e. The summed E-state index contributed by atoms with van der Waals surface area (Å²) in [6.45, 7) is 5.45. The van der Waals surface area contributed by atoms with E-state index in [1.807, 2.05) is 0 Å². The third-order valence-electron chi connectivity index (χ3n) is 3.37. The number of carbonyl (C=O) groups is 2. The van der Waals surface area contributed by atoms with Gasteiger partial charge in [-0.25, -0.2) is 12.7 Å². The van der Waals surface area contributed by atoms with E-state index < -0.39 is 16.1 Å². The molecular weight excluding hydrogens is 282 g/mol. The molecule has 1 rings (SSSR count). The summed E-state index contributed by atoms with van der Waals surface area (Å²) in [5.74, 6) is -0.391. The summed E-state index contributed by atoms with van der Waals surface area (Å²) < 4.78 is 24.9. The number of hydrogen-bond acceptors (Lipinski definition) is 4. The van der Waals surface area contributed by atoms with Crippen LogP contribution in [-0.4, -0.2) is 55.5 Å². The Bertz CT molecular complexity index is 455. The van der Waals surface area contributed by atoms with Crippen molar-refractivity contribution in [3.8, 4) is 0 Å². The predicted octanol–water partition coefficient (Wildman–Crippen LogP) is -0.559. The molecule has 1 fully saturated rings. The monoisotopic (exact) mass is 305 g/mol. The van der Waals surface area contributed by atoms with E-state index in [1.54, 1.807) is 13.8 Å². The van der Waals surface area contributed by atoms with Crippen molar-refractivity contribution in [1.29, 1.82) is 0 Å². The highest BCUT2D eigenvalue weighted by Gasteiger charge is 2.28. The number of nitrogens with one attached hydrogen (secondary N) is 2. The first-order valence-corrected chi connectivity index (χ1v) is 8.42. The third kappa shape index (κ3) is 4.75. The predicted molar refractivity (Wildman–Crippen MR) is 75.5 cm³/mol. The summed E-state index contributed by atoms with van der Waals surface area (Å²) in [5.41, 5.74) is 0. The van der Waals surface area contributed by atoms with Crippen LogP contribution in [0.5, 0.6) is 0 Å². The SMILES string of the molecule is CCS(=O)(=O)N1CCC(NC(=O)[C@@H](C)NC(C)=O)CC1. The maximum absolute atomic E-state index is 11.8. The quantitative estimate of drug-likeness (QED) is 0.712. The maximum atomic E-state index is 11.8. The van der Waals surface area contributed by atoms with E-state index in [0.717, 1.165) is 0 Å². The van der Waals surface area contributed by atoms with Gasteiger partial charge in [-0.05, 0) is 26.7 Å². The fourth-order valence-electron chi connectivity index (χ4n) is 2.16. The number of carbonyl (C=O) groups excluding carboxylic acids is 2. The molecule has 1 saturated heterocycles. The lowest BCUT2D eigenvalue weighted by Gasteiger charge is -2.31. The number of piperidine rings is 1. The minimum absolute atomic E-state index is 0.0398. The van der Waals surface area contributed by atoms with Crippen molar-refractivity contribution in [3.05, 3.63) is 0 Å². The summed E-state index contributed by atoms with van der Waals surface area (Å²) in [5, 5.41) is 5.36. The third-order valence-corrected chi connectivity index (χ3v) is 5.25. The zero-order valence-electron chi connectivity index (χ0n) is 12.2. The molecule has 0 unspecified atom stereocenters. The van der Waals surface area contributed by atoms with Crippen molar-refractivity contribution in [2.24, 2.45) is 0 Å². The van der Waals surface area contributed by atoms with Gasteiger partial charge in [0.05, 0.1) is 5.75 Å². The largest absolute Gasteiger partial charge is 0.351 e. The molecule has 0 aliphatic carbocycles. The van der Waals surface area contributed by atoms with E-state index in [1.165, 1.54) is 11.2 Å². The van der Waals surface area contributed by atoms with Crippen LogP contribution < -0.4 is 10.6 Å². The van der Waals surface area contributed by atoms with Crippen LogP contribution in [0.15, 0.2) is 0 Å². The van der Waals surface area contributed by atoms with E-state index >= 15 is 0 Å². The van der Waals surface area contributed by atoms with E-state index in [-0.39, 0.29) is 23.6 Å². The number of nitrogens with zero attached hydrogens (tertiary/aromatic N) is 1. The Balaban J connectivity index is 2.43. The molecule has 0 saturated carbocycles. The van der Waals surface area contributed by atoms with Crippen molar-refractivity contribution in [2.75, 3.05) is 18.8 Å². The van der Waals surface area contributed by atoms with Gasteiger partial charge in [0, 0.05) is 26.1 Å². The molecule has 1 aliphatic heterocycles. The van der Waals surface area contributed by atoms with Crippen molar-refractivity contribution in [1.82, 2.24) is 14.9 Å². The molecule has 0 aromatic rings. The molecule has 0 aromatic heterocycles. The topological polar surface area (TPSA) is 95.6 Å². The molecule has 7 nitrogen and oxygen atoms in total. The van der Waals surface area contributed by atoms with Gasteiger partial charge < -0.3 is 10.6 Å². The molecule has 1 heterocycles. The standard InChI is InChI=1S/C12H23N3O4S/c1-4-20(18,19)15-7-5-11(6-8-15)14-12(17)9(2)13-10(3)16/h9,11H,4-8H2,1-3H3,(H,13,16)(H,14,17)/t9-/m1/s1. The summed E-state index contributed by atoms with van der Waals surface area (Å²) in [4.78, 5) is 22.7. The molecule has 0 radical (unpaired) electrons.